The maximum absolute atomic E-state index is 11.6. The number of hydrogen-bond donors (Lipinski definition) is 3. The normalized spacial score (nSPS) is 12.4. The molecule has 4 N–H and O–H groups in total. The lowest BCUT2D eigenvalue weighted by Crippen LogP contribution is -2.52. The zero-order valence-electron chi connectivity index (χ0n) is 10.9. The molecule has 104 valence electrons. The molecule has 0 aliphatic rings. The van der Waals surface area contributed by atoms with Gasteiger partial charge in [0.2, 0.25) is 0 Å². The Balaban J connectivity index is 4.48. The summed E-state index contributed by atoms with van der Waals surface area (Å²) in [6.45, 7) is 5.13. The van der Waals surface area contributed by atoms with Gasteiger partial charge in [-0.2, -0.15) is 0 Å². The lowest BCUT2D eigenvalue weighted by molar-refractivity contribution is -0.123. The topological polar surface area (TPSA) is 103 Å². The van der Waals surface area contributed by atoms with Gasteiger partial charge in [0.1, 0.15) is 11.6 Å². The molecule has 0 fully saturated rings. The highest BCUT2D eigenvalue weighted by molar-refractivity contribution is 7.80. The number of nitrogens with two attached hydrogens (primary N) is 1. The summed E-state index contributed by atoms with van der Waals surface area (Å²) in [4.78, 5) is 23.1. The fraction of sp³-hybridized carbons (Fsp3) is 0.700. The summed E-state index contributed by atoms with van der Waals surface area (Å²) < 4.78 is 9.84. The van der Waals surface area contributed by atoms with Gasteiger partial charge in [0.15, 0.2) is 5.11 Å². The largest absolute Gasteiger partial charge is 0.444 e. The molecule has 0 rings (SSSR count). The van der Waals surface area contributed by atoms with E-state index < -0.39 is 23.6 Å². The highest BCUT2D eigenvalue weighted by atomic mass is 32.1. The summed E-state index contributed by atoms with van der Waals surface area (Å²) in [7, 11) is 1.40. The lowest BCUT2D eigenvalue weighted by atomic mass is 10.2. The van der Waals surface area contributed by atoms with E-state index in [0.29, 0.717) is 0 Å². The van der Waals surface area contributed by atoms with Gasteiger partial charge in [-0.25, -0.2) is 4.79 Å². The Bertz CT molecular complexity index is 328. The van der Waals surface area contributed by atoms with Crippen molar-refractivity contribution in [2.75, 3.05) is 13.7 Å². The van der Waals surface area contributed by atoms with Gasteiger partial charge in [-0.1, -0.05) is 0 Å². The Labute approximate surface area is 111 Å². The average Bonchev–Trinajstić information content (AvgIpc) is 2.12. The van der Waals surface area contributed by atoms with Crippen molar-refractivity contribution in [3.05, 3.63) is 0 Å². The Morgan fingerprint density at radius 1 is 1.39 bits per heavy atom. The van der Waals surface area contributed by atoms with Crippen LogP contribution in [0.25, 0.3) is 0 Å². The fourth-order valence-electron chi connectivity index (χ4n) is 1.01. The quantitative estimate of drug-likeness (QED) is 0.619. The van der Waals surface area contributed by atoms with Crippen LogP contribution in [0, 0.1) is 0 Å². The molecule has 0 radical (unpaired) electrons. The van der Waals surface area contributed by atoms with Crippen molar-refractivity contribution in [1.29, 1.82) is 0 Å². The minimum Gasteiger partial charge on any atom is -0.444 e. The van der Waals surface area contributed by atoms with E-state index in [1.807, 2.05) is 0 Å². The molecule has 0 aliphatic heterocycles. The van der Waals surface area contributed by atoms with E-state index in [2.05, 4.69) is 22.9 Å². The maximum Gasteiger partial charge on any atom is 0.408 e. The van der Waals surface area contributed by atoms with Crippen LogP contribution in [0.4, 0.5) is 4.79 Å². The van der Waals surface area contributed by atoms with E-state index in [1.165, 1.54) is 7.11 Å². The molecule has 0 saturated carbocycles. The molecule has 8 heteroatoms. The average molecular weight is 277 g/mol. The summed E-state index contributed by atoms with van der Waals surface area (Å²) in [6.07, 6.45) is -0.720. The molecule has 0 aromatic heterocycles. The number of nitrogens with one attached hydrogen (secondary N) is 2. The van der Waals surface area contributed by atoms with Crippen LogP contribution in [-0.4, -0.2) is 42.5 Å². The first-order valence-electron chi connectivity index (χ1n) is 5.24. The van der Waals surface area contributed by atoms with Crippen molar-refractivity contribution in [3.8, 4) is 0 Å². The molecule has 1 unspecified atom stereocenters. The van der Waals surface area contributed by atoms with Gasteiger partial charge in [-0.15, -0.1) is 0 Å². The zero-order chi connectivity index (χ0) is 14.3. The summed E-state index contributed by atoms with van der Waals surface area (Å²) in [5, 5.41) is 4.41. The number of ether oxygens (including phenoxy) is 2. The van der Waals surface area contributed by atoms with E-state index >= 15 is 0 Å². The van der Waals surface area contributed by atoms with E-state index in [0.717, 1.165) is 0 Å². The summed E-state index contributed by atoms with van der Waals surface area (Å²) in [5.74, 6) is -0.560. The second kappa shape index (κ2) is 7.12. The fourth-order valence-corrected chi connectivity index (χ4v) is 1.11. The minimum absolute atomic E-state index is 0.0201. The summed E-state index contributed by atoms with van der Waals surface area (Å²) >= 11 is 4.54. The molecule has 0 bridgehead atoms. The monoisotopic (exact) mass is 277 g/mol. The van der Waals surface area contributed by atoms with Crippen LogP contribution < -0.4 is 16.4 Å². The maximum atomic E-state index is 11.6. The number of amides is 2. The Morgan fingerprint density at radius 3 is 2.33 bits per heavy atom. The highest BCUT2D eigenvalue weighted by Crippen LogP contribution is 2.06. The molecule has 18 heavy (non-hydrogen) atoms. The number of alkyl carbamates (subject to hydrolysis) is 1. The van der Waals surface area contributed by atoms with Gasteiger partial charge in [-0.3, -0.25) is 4.79 Å². The van der Waals surface area contributed by atoms with Crippen molar-refractivity contribution in [1.82, 2.24) is 10.6 Å². The van der Waals surface area contributed by atoms with Crippen molar-refractivity contribution >= 4 is 29.3 Å². The van der Waals surface area contributed by atoms with E-state index in [9.17, 15) is 9.59 Å². The third kappa shape index (κ3) is 7.80. The second-order valence-electron chi connectivity index (χ2n) is 4.51. The van der Waals surface area contributed by atoms with Crippen LogP contribution >= 0.6 is 12.2 Å². The summed E-state index contributed by atoms with van der Waals surface area (Å²) in [6, 6.07) is -0.925. The molecular formula is C10H19N3O4S. The van der Waals surface area contributed by atoms with Gasteiger partial charge in [0, 0.05) is 7.11 Å². The first-order chi connectivity index (χ1) is 8.15. The van der Waals surface area contributed by atoms with E-state index in [-0.39, 0.29) is 11.7 Å². The molecular weight excluding hydrogens is 258 g/mol. The number of hydrogen-bond acceptors (Lipinski definition) is 5. The van der Waals surface area contributed by atoms with Gasteiger partial charge < -0.3 is 25.8 Å². The number of thiocarbonyl (C=S) groups is 1. The molecule has 1 atom stereocenters. The molecule has 2 amide bonds. The SMILES string of the molecule is COCC(NC(=O)OC(C)(C)C)C(=O)NC(N)=S. The van der Waals surface area contributed by atoms with Crippen LogP contribution in [0.1, 0.15) is 20.8 Å². The summed E-state index contributed by atoms with van der Waals surface area (Å²) in [5.41, 5.74) is 4.52. The second-order valence-corrected chi connectivity index (χ2v) is 4.95. The number of carbonyl (C=O) groups is 2. The van der Waals surface area contributed by atoms with Gasteiger partial charge in [0.05, 0.1) is 6.61 Å². The third-order valence-corrected chi connectivity index (χ3v) is 1.69. The first-order valence-corrected chi connectivity index (χ1v) is 5.65. The zero-order valence-corrected chi connectivity index (χ0v) is 11.7. The van der Waals surface area contributed by atoms with Gasteiger partial charge in [0.25, 0.3) is 5.91 Å². The van der Waals surface area contributed by atoms with Crippen LogP contribution in [-0.2, 0) is 14.3 Å². The molecule has 0 spiro atoms. The Morgan fingerprint density at radius 2 is 1.94 bits per heavy atom. The van der Waals surface area contributed by atoms with Crippen molar-refractivity contribution < 1.29 is 19.1 Å². The van der Waals surface area contributed by atoms with Crippen molar-refractivity contribution in [2.24, 2.45) is 5.73 Å². The minimum atomic E-state index is -0.925. The first kappa shape index (κ1) is 16.6. The van der Waals surface area contributed by atoms with Gasteiger partial charge >= 0.3 is 6.09 Å². The predicted molar refractivity (Wildman–Crippen MR) is 70.0 cm³/mol. The van der Waals surface area contributed by atoms with Crippen molar-refractivity contribution in [2.45, 2.75) is 32.4 Å². The predicted octanol–water partition coefficient (Wildman–Crippen LogP) is -0.114. The molecule has 0 saturated heterocycles. The standard InChI is InChI=1S/C10H19N3O4S/c1-10(2,3)17-9(15)12-6(5-16-4)7(14)13-8(11)18/h6H,5H2,1-4H3,(H,12,15)(H3,11,13,14,18). The molecule has 0 aromatic carbocycles. The van der Waals surface area contributed by atoms with Crippen LogP contribution in [0.3, 0.4) is 0 Å². The van der Waals surface area contributed by atoms with E-state index in [1.54, 1.807) is 20.8 Å². The Hall–Kier alpha value is -1.41. The van der Waals surface area contributed by atoms with Crippen LogP contribution in [0.5, 0.6) is 0 Å². The third-order valence-electron chi connectivity index (χ3n) is 1.59. The highest BCUT2D eigenvalue weighted by Gasteiger charge is 2.24. The molecule has 0 aliphatic carbocycles. The molecule has 0 heterocycles. The van der Waals surface area contributed by atoms with Crippen LogP contribution in [0.15, 0.2) is 0 Å². The number of rotatable bonds is 4. The van der Waals surface area contributed by atoms with Crippen LogP contribution in [0.2, 0.25) is 0 Å². The van der Waals surface area contributed by atoms with E-state index in [4.69, 9.17) is 15.2 Å². The number of methoxy groups -OCH3 is 1. The lowest BCUT2D eigenvalue weighted by Gasteiger charge is -2.22. The number of carbonyl (C=O) groups excluding carboxylic acids is 2. The van der Waals surface area contributed by atoms with Gasteiger partial charge in [-0.05, 0) is 33.0 Å². The Kier molecular flexibility index (Phi) is 6.56. The smallest absolute Gasteiger partial charge is 0.408 e. The molecule has 0 aromatic rings. The van der Waals surface area contributed by atoms with Crippen molar-refractivity contribution in [3.63, 3.8) is 0 Å². The molecule has 7 nitrogen and oxygen atoms in total.